The molecule has 2 aliphatic rings. The van der Waals surface area contributed by atoms with E-state index >= 15 is 0 Å². The van der Waals surface area contributed by atoms with Crippen molar-refractivity contribution in [2.75, 3.05) is 26.2 Å². The van der Waals surface area contributed by atoms with E-state index in [1.165, 1.54) is 6.07 Å². The Morgan fingerprint density at radius 1 is 1.27 bits per heavy atom. The van der Waals surface area contributed by atoms with Gasteiger partial charge in [-0.3, -0.25) is 9.59 Å². The van der Waals surface area contributed by atoms with Gasteiger partial charge < -0.3 is 14.9 Å². The Kier molecular flexibility index (Phi) is 5.27. The highest BCUT2D eigenvalue weighted by Crippen LogP contribution is 2.40. The lowest BCUT2D eigenvalue weighted by molar-refractivity contribution is -0.140. The van der Waals surface area contributed by atoms with Crippen LogP contribution in [0.4, 0.5) is 8.78 Å². The molecule has 0 aliphatic carbocycles. The first-order valence-corrected chi connectivity index (χ1v) is 9.00. The molecule has 2 amide bonds. The van der Waals surface area contributed by atoms with Gasteiger partial charge in [0, 0.05) is 38.7 Å². The average molecular weight is 366 g/mol. The molecule has 1 spiro atoms. The maximum Gasteiger partial charge on any atom is 0.256 e. The number of halogens is 2. The molecule has 2 heterocycles. The first-order valence-electron chi connectivity index (χ1n) is 9.00. The lowest BCUT2D eigenvalue weighted by atomic mass is 9.72. The van der Waals surface area contributed by atoms with E-state index in [1.807, 2.05) is 0 Å². The number of carbonyl (C=O) groups is 2. The van der Waals surface area contributed by atoms with Crippen LogP contribution in [0.15, 0.2) is 18.2 Å². The molecule has 7 heteroatoms. The van der Waals surface area contributed by atoms with Gasteiger partial charge in [0.05, 0.1) is 11.7 Å². The van der Waals surface area contributed by atoms with Crippen molar-refractivity contribution in [3.05, 3.63) is 35.4 Å². The summed E-state index contributed by atoms with van der Waals surface area (Å²) in [6.45, 7) is 3.53. The number of aliphatic hydroxyl groups is 1. The molecule has 2 aliphatic heterocycles. The summed E-state index contributed by atoms with van der Waals surface area (Å²) in [4.78, 5) is 27.9. The summed E-state index contributed by atoms with van der Waals surface area (Å²) in [5.74, 6) is -1.92. The van der Waals surface area contributed by atoms with E-state index in [2.05, 4.69) is 0 Å². The average Bonchev–Trinajstić information content (AvgIpc) is 2.58. The van der Waals surface area contributed by atoms with Crippen molar-refractivity contribution >= 4 is 11.8 Å². The number of carbonyl (C=O) groups excluding carboxylic acids is 2. The van der Waals surface area contributed by atoms with Crippen molar-refractivity contribution < 1.29 is 23.5 Å². The van der Waals surface area contributed by atoms with Crippen LogP contribution in [0.25, 0.3) is 0 Å². The third-order valence-corrected chi connectivity index (χ3v) is 5.51. The van der Waals surface area contributed by atoms with E-state index in [0.717, 1.165) is 31.4 Å². The summed E-state index contributed by atoms with van der Waals surface area (Å²) in [5, 5.41) is 9.59. The summed E-state index contributed by atoms with van der Waals surface area (Å²) in [6, 6.07) is 2.99. The number of piperidine rings is 2. The monoisotopic (exact) mass is 366 g/mol. The highest BCUT2D eigenvalue weighted by Gasteiger charge is 2.42. The topological polar surface area (TPSA) is 60.9 Å². The van der Waals surface area contributed by atoms with Crippen LogP contribution in [-0.2, 0) is 4.79 Å². The molecule has 26 heavy (non-hydrogen) atoms. The predicted molar refractivity (Wildman–Crippen MR) is 91.4 cm³/mol. The summed E-state index contributed by atoms with van der Waals surface area (Å²) >= 11 is 0. The number of nitrogens with zero attached hydrogens (tertiary/aromatic N) is 2. The Bertz CT molecular complexity index is 700. The minimum Gasteiger partial charge on any atom is -0.392 e. The zero-order valence-corrected chi connectivity index (χ0v) is 14.9. The smallest absolute Gasteiger partial charge is 0.256 e. The Morgan fingerprint density at radius 2 is 1.96 bits per heavy atom. The molecule has 2 saturated heterocycles. The van der Waals surface area contributed by atoms with Gasteiger partial charge >= 0.3 is 0 Å². The second-order valence-corrected chi connectivity index (χ2v) is 7.54. The molecular formula is C19H24F2N2O3. The first-order chi connectivity index (χ1) is 12.3. The molecule has 142 valence electrons. The van der Waals surface area contributed by atoms with Crippen molar-refractivity contribution in [2.45, 2.75) is 38.7 Å². The Morgan fingerprint density at radius 3 is 2.58 bits per heavy atom. The van der Waals surface area contributed by atoms with E-state index in [0.29, 0.717) is 32.6 Å². The third-order valence-electron chi connectivity index (χ3n) is 5.51. The fourth-order valence-electron chi connectivity index (χ4n) is 4.01. The summed E-state index contributed by atoms with van der Waals surface area (Å²) < 4.78 is 26.9. The molecule has 0 radical (unpaired) electrons. The highest BCUT2D eigenvalue weighted by molar-refractivity contribution is 5.94. The van der Waals surface area contributed by atoms with Crippen LogP contribution in [0, 0.1) is 17.0 Å². The van der Waals surface area contributed by atoms with E-state index in [1.54, 1.807) is 16.7 Å². The quantitative estimate of drug-likeness (QED) is 0.892. The number of β-amino-alcohol motifs (C(OH)–C–C–N with tert-alkyl or cyclic N) is 1. The normalized spacial score (nSPS) is 21.2. The lowest BCUT2D eigenvalue weighted by Crippen LogP contribution is -2.53. The number of hydrogen-bond donors (Lipinski definition) is 1. The van der Waals surface area contributed by atoms with Gasteiger partial charge in [0.2, 0.25) is 5.91 Å². The maximum absolute atomic E-state index is 13.9. The van der Waals surface area contributed by atoms with E-state index in [4.69, 9.17) is 0 Å². The molecule has 5 nitrogen and oxygen atoms in total. The Hall–Kier alpha value is -2.02. The van der Waals surface area contributed by atoms with E-state index in [9.17, 15) is 23.5 Å². The summed E-state index contributed by atoms with van der Waals surface area (Å²) in [6.07, 6.45) is 2.11. The zero-order valence-electron chi connectivity index (χ0n) is 14.9. The SMILES string of the molecule is C[C@H](O)CN1CC2(CCC1=O)CCN(C(=O)c1ccc(F)cc1F)CC2. The minimum absolute atomic E-state index is 0.0546. The number of benzene rings is 1. The fraction of sp³-hybridized carbons (Fsp3) is 0.579. The molecule has 0 unspecified atom stereocenters. The molecular weight excluding hydrogens is 342 g/mol. The standard InChI is InChI=1S/C19H24F2N2O3/c1-13(24)11-23-12-19(5-4-17(23)25)6-8-22(9-7-19)18(26)15-3-2-14(20)10-16(15)21/h2-3,10,13,24H,4-9,11-12H2,1H3/t13-/m0/s1. The van der Waals surface area contributed by atoms with Crippen LogP contribution in [0.2, 0.25) is 0 Å². The van der Waals surface area contributed by atoms with Crippen LogP contribution >= 0.6 is 0 Å². The predicted octanol–water partition coefficient (Wildman–Crippen LogP) is 2.19. The molecule has 3 rings (SSSR count). The molecule has 0 saturated carbocycles. The number of aliphatic hydroxyl groups excluding tert-OH is 1. The van der Waals surface area contributed by atoms with Crippen LogP contribution in [0.3, 0.4) is 0 Å². The van der Waals surface area contributed by atoms with Crippen molar-refractivity contribution in [3.8, 4) is 0 Å². The van der Waals surface area contributed by atoms with Gasteiger partial charge in [-0.2, -0.15) is 0 Å². The van der Waals surface area contributed by atoms with E-state index in [-0.39, 0.29) is 16.9 Å². The van der Waals surface area contributed by atoms with Gasteiger partial charge in [0.15, 0.2) is 0 Å². The van der Waals surface area contributed by atoms with E-state index < -0.39 is 23.6 Å². The van der Waals surface area contributed by atoms with Crippen LogP contribution in [0.5, 0.6) is 0 Å². The minimum atomic E-state index is -0.846. The maximum atomic E-state index is 13.9. The van der Waals surface area contributed by atoms with Crippen molar-refractivity contribution in [1.82, 2.24) is 9.80 Å². The van der Waals surface area contributed by atoms with Gasteiger partial charge in [-0.25, -0.2) is 8.78 Å². The fourth-order valence-corrected chi connectivity index (χ4v) is 4.01. The van der Waals surface area contributed by atoms with Crippen LogP contribution in [-0.4, -0.2) is 59.0 Å². The number of hydrogen-bond acceptors (Lipinski definition) is 3. The Labute approximate surface area is 151 Å². The van der Waals surface area contributed by atoms with Crippen molar-refractivity contribution in [1.29, 1.82) is 0 Å². The highest BCUT2D eigenvalue weighted by atomic mass is 19.1. The second-order valence-electron chi connectivity index (χ2n) is 7.54. The number of rotatable bonds is 3. The molecule has 1 aromatic rings. The van der Waals surface area contributed by atoms with Crippen molar-refractivity contribution in [3.63, 3.8) is 0 Å². The van der Waals surface area contributed by atoms with Gasteiger partial charge in [-0.1, -0.05) is 0 Å². The van der Waals surface area contributed by atoms with Gasteiger partial charge in [-0.15, -0.1) is 0 Å². The first kappa shape index (κ1) is 18.8. The molecule has 1 N–H and O–H groups in total. The lowest BCUT2D eigenvalue weighted by Gasteiger charge is -2.47. The Balaban J connectivity index is 1.65. The van der Waals surface area contributed by atoms with Crippen molar-refractivity contribution in [2.24, 2.45) is 5.41 Å². The third kappa shape index (κ3) is 3.87. The molecule has 0 bridgehead atoms. The molecule has 1 aromatic carbocycles. The van der Waals surface area contributed by atoms with Crippen LogP contribution < -0.4 is 0 Å². The summed E-state index contributed by atoms with van der Waals surface area (Å²) in [7, 11) is 0. The molecule has 0 aromatic heterocycles. The van der Waals surface area contributed by atoms with Gasteiger partial charge in [-0.05, 0) is 43.7 Å². The molecule has 1 atom stereocenters. The van der Waals surface area contributed by atoms with Gasteiger partial charge in [0.25, 0.3) is 5.91 Å². The molecule has 2 fully saturated rings. The van der Waals surface area contributed by atoms with Crippen LogP contribution in [0.1, 0.15) is 43.0 Å². The second kappa shape index (κ2) is 7.31. The summed E-state index contributed by atoms with van der Waals surface area (Å²) in [5.41, 5.74) is -0.169. The largest absolute Gasteiger partial charge is 0.392 e. The number of likely N-dealkylation sites (tertiary alicyclic amines) is 2. The number of amides is 2. The van der Waals surface area contributed by atoms with Gasteiger partial charge in [0.1, 0.15) is 11.6 Å². The zero-order chi connectivity index (χ0) is 18.9.